The number of rotatable bonds is 5. The fraction of sp³-hybridized carbons (Fsp3) is 0.120. The van der Waals surface area contributed by atoms with Gasteiger partial charge in [0, 0.05) is 16.7 Å². The monoisotopic (exact) mass is 444 g/mol. The fourth-order valence-corrected chi connectivity index (χ4v) is 3.70. The Hall–Kier alpha value is -4.46. The van der Waals surface area contributed by atoms with Crippen LogP contribution in [0.1, 0.15) is 47.8 Å². The Balaban J connectivity index is 1.52. The van der Waals surface area contributed by atoms with Crippen molar-refractivity contribution >= 4 is 34.8 Å². The van der Waals surface area contributed by atoms with Crippen LogP contribution in [-0.2, 0) is 9.53 Å². The Labute approximate surface area is 189 Å². The van der Waals surface area contributed by atoms with Crippen molar-refractivity contribution in [3.63, 3.8) is 0 Å². The Bertz CT molecular complexity index is 1330. The van der Waals surface area contributed by atoms with E-state index in [-0.39, 0.29) is 39.3 Å². The number of nitrogens with one attached hydrogen (secondary N) is 1. The number of ketones is 2. The molecule has 0 aliphatic heterocycles. The third kappa shape index (κ3) is 3.94. The van der Waals surface area contributed by atoms with Crippen LogP contribution in [0.3, 0.4) is 0 Å². The van der Waals surface area contributed by atoms with E-state index < -0.39 is 24.3 Å². The molecule has 0 radical (unpaired) electrons. The molecule has 0 unspecified atom stereocenters. The van der Waals surface area contributed by atoms with E-state index in [1.165, 1.54) is 25.3 Å². The quantitative estimate of drug-likeness (QED) is 0.358. The topological polar surface area (TPSA) is 125 Å². The normalized spacial score (nSPS) is 11.9. The van der Waals surface area contributed by atoms with Crippen molar-refractivity contribution in [1.82, 2.24) is 0 Å². The number of amides is 1. The molecule has 166 valence electrons. The van der Waals surface area contributed by atoms with E-state index >= 15 is 0 Å². The van der Waals surface area contributed by atoms with Gasteiger partial charge in [0.1, 0.15) is 5.75 Å². The minimum Gasteiger partial charge on any atom is -0.495 e. The maximum Gasteiger partial charge on any atom is 0.340 e. The lowest BCUT2D eigenvalue weighted by Gasteiger charge is -2.20. The second kappa shape index (κ2) is 8.58. The number of methoxy groups -OCH3 is 1. The van der Waals surface area contributed by atoms with Gasteiger partial charge in [0.2, 0.25) is 0 Å². The molecule has 3 aromatic rings. The van der Waals surface area contributed by atoms with Crippen LogP contribution in [0.25, 0.3) is 0 Å². The van der Waals surface area contributed by atoms with Crippen molar-refractivity contribution in [3.05, 3.63) is 88.0 Å². The van der Waals surface area contributed by atoms with Crippen LogP contribution in [0.15, 0.2) is 54.6 Å². The number of anilines is 2. The fourth-order valence-electron chi connectivity index (χ4n) is 3.70. The van der Waals surface area contributed by atoms with E-state index in [4.69, 9.17) is 15.2 Å². The summed E-state index contributed by atoms with van der Waals surface area (Å²) in [6.45, 7) is 1.28. The van der Waals surface area contributed by atoms with Crippen LogP contribution < -0.4 is 15.8 Å². The van der Waals surface area contributed by atoms with Gasteiger partial charge in [0.15, 0.2) is 18.2 Å². The lowest BCUT2D eigenvalue weighted by atomic mass is 9.82. The molecule has 8 heteroatoms. The first-order chi connectivity index (χ1) is 15.8. The van der Waals surface area contributed by atoms with Crippen LogP contribution >= 0.6 is 0 Å². The first-order valence-corrected chi connectivity index (χ1v) is 10.0. The molecule has 0 saturated carbocycles. The zero-order chi connectivity index (χ0) is 23.7. The summed E-state index contributed by atoms with van der Waals surface area (Å²) in [6.07, 6.45) is 0. The predicted octanol–water partition coefficient (Wildman–Crippen LogP) is 3.16. The molecule has 0 spiro atoms. The summed E-state index contributed by atoms with van der Waals surface area (Å²) in [6, 6.07) is 14.4. The lowest BCUT2D eigenvalue weighted by Crippen LogP contribution is -2.25. The Morgan fingerprint density at radius 2 is 1.64 bits per heavy atom. The number of nitrogen functional groups attached to an aromatic ring is 1. The number of nitrogens with two attached hydrogens (primary N) is 1. The molecule has 33 heavy (non-hydrogen) atoms. The summed E-state index contributed by atoms with van der Waals surface area (Å²) in [4.78, 5) is 50.6. The number of aryl methyl sites for hydroxylation is 1. The molecule has 0 fully saturated rings. The second-order valence-corrected chi connectivity index (χ2v) is 7.48. The van der Waals surface area contributed by atoms with Gasteiger partial charge < -0.3 is 20.5 Å². The molecule has 3 N–H and O–H groups in total. The maximum absolute atomic E-state index is 12.9. The summed E-state index contributed by atoms with van der Waals surface area (Å²) in [5.41, 5.74) is 7.78. The van der Waals surface area contributed by atoms with E-state index in [2.05, 4.69) is 5.32 Å². The lowest BCUT2D eigenvalue weighted by molar-refractivity contribution is -0.119. The van der Waals surface area contributed by atoms with E-state index in [0.717, 1.165) is 5.56 Å². The molecular formula is C25H20N2O6. The van der Waals surface area contributed by atoms with Gasteiger partial charge in [-0.25, -0.2) is 4.79 Å². The molecule has 4 rings (SSSR count). The van der Waals surface area contributed by atoms with Gasteiger partial charge in [-0.05, 0) is 36.8 Å². The van der Waals surface area contributed by atoms with Crippen LogP contribution in [-0.4, -0.2) is 37.2 Å². The van der Waals surface area contributed by atoms with Crippen LogP contribution in [0.2, 0.25) is 0 Å². The molecule has 0 bridgehead atoms. The molecule has 8 nitrogen and oxygen atoms in total. The summed E-state index contributed by atoms with van der Waals surface area (Å²) in [7, 11) is 1.48. The molecular weight excluding hydrogens is 424 g/mol. The highest BCUT2D eigenvalue weighted by molar-refractivity contribution is 6.30. The second-order valence-electron chi connectivity index (χ2n) is 7.48. The number of carbonyl (C=O) groups is 4. The SMILES string of the molecule is COc1ccc(C)cc1NC(=O)COC(=O)c1ccc2c(c1N)C(=O)c1ccccc1C2=O. The number of benzene rings is 3. The average Bonchev–Trinajstić information content (AvgIpc) is 2.81. The highest BCUT2D eigenvalue weighted by Crippen LogP contribution is 2.33. The average molecular weight is 444 g/mol. The summed E-state index contributed by atoms with van der Waals surface area (Å²) >= 11 is 0. The highest BCUT2D eigenvalue weighted by atomic mass is 16.5. The minimum atomic E-state index is -0.888. The van der Waals surface area contributed by atoms with Gasteiger partial charge in [-0.3, -0.25) is 14.4 Å². The predicted molar refractivity (Wildman–Crippen MR) is 121 cm³/mol. The van der Waals surface area contributed by atoms with Crippen LogP contribution in [0.4, 0.5) is 11.4 Å². The Morgan fingerprint density at radius 3 is 2.33 bits per heavy atom. The number of ether oxygens (including phenoxy) is 2. The number of esters is 1. The molecule has 1 aliphatic rings. The number of fused-ring (bicyclic) bond motifs is 2. The van der Waals surface area contributed by atoms with Crippen LogP contribution in [0, 0.1) is 6.92 Å². The maximum atomic E-state index is 12.9. The van der Waals surface area contributed by atoms with Gasteiger partial charge in [-0.2, -0.15) is 0 Å². The molecule has 0 atom stereocenters. The number of carbonyl (C=O) groups excluding carboxylic acids is 4. The van der Waals surface area contributed by atoms with Crippen molar-refractivity contribution in [1.29, 1.82) is 0 Å². The minimum absolute atomic E-state index is 0.0397. The van der Waals surface area contributed by atoms with Crippen molar-refractivity contribution < 1.29 is 28.7 Å². The largest absolute Gasteiger partial charge is 0.495 e. The first-order valence-electron chi connectivity index (χ1n) is 10.0. The van der Waals surface area contributed by atoms with Crippen molar-refractivity contribution in [2.24, 2.45) is 0 Å². The van der Waals surface area contributed by atoms with Crippen molar-refractivity contribution in [2.75, 3.05) is 24.8 Å². The zero-order valence-corrected chi connectivity index (χ0v) is 17.9. The van der Waals surface area contributed by atoms with Gasteiger partial charge in [0.25, 0.3) is 5.91 Å². The van der Waals surface area contributed by atoms with E-state index in [9.17, 15) is 19.2 Å². The van der Waals surface area contributed by atoms with Gasteiger partial charge in [0.05, 0.1) is 29.6 Å². The van der Waals surface area contributed by atoms with Gasteiger partial charge in [-0.15, -0.1) is 0 Å². The summed E-state index contributed by atoms with van der Waals surface area (Å²) in [5, 5.41) is 2.63. The number of hydrogen-bond acceptors (Lipinski definition) is 7. The standard InChI is InChI=1S/C25H20N2O6/c1-13-7-10-19(32-2)18(11-13)27-20(28)12-33-25(31)17-9-8-16-21(22(17)26)24(30)15-6-4-3-5-14(15)23(16)29/h3-11H,12,26H2,1-2H3,(H,27,28). The Kier molecular flexibility index (Phi) is 5.66. The van der Waals surface area contributed by atoms with Crippen molar-refractivity contribution in [2.45, 2.75) is 6.92 Å². The molecule has 0 saturated heterocycles. The third-order valence-electron chi connectivity index (χ3n) is 5.32. The third-order valence-corrected chi connectivity index (χ3v) is 5.32. The summed E-state index contributed by atoms with van der Waals surface area (Å²) < 4.78 is 10.3. The Morgan fingerprint density at radius 1 is 0.939 bits per heavy atom. The van der Waals surface area contributed by atoms with Crippen molar-refractivity contribution in [3.8, 4) is 5.75 Å². The van der Waals surface area contributed by atoms with E-state index in [1.54, 1.807) is 30.3 Å². The summed E-state index contributed by atoms with van der Waals surface area (Å²) in [5.74, 6) is -1.80. The molecule has 1 amide bonds. The van der Waals surface area contributed by atoms with E-state index in [1.807, 2.05) is 13.0 Å². The van der Waals surface area contributed by atoms with Gasteiger partial charge in [-0.1, -0.05) is 30.3 Å². The zero-order valence-electron chi connectivity index (χ0n) is 17.9. The van der Waals surface area contributed by atoms with Gasteiger partial charge >= 0.3 is 5.97 Å². The smallest absolute Gasteiger partial charge is 0.340 e. The number of hydrogen-bond donors (Lipinski definition) is 2. The molecule has 0 heterocycles. The highest BCUT2D eigenvalue weighted by Gasteiger charge is 2.33. The molecule has 1 aliphatic carbocycles. The molecule has 3 aromatic carbocycles. The first kappa shape index (κ1) is 21.8. The van der Waals surface area contributed by atoms with Crippen LogP contribution in [0.5, 0.6) is 5.75 Å². The molecule has 0 aromatic heterocycles. The van der Waals surface area contributed by atoms with E-state index in [0.29, 0.717) is 11.4 Å².